The van der Waals surface area contributed by atoms with Crippen molar-refractivity contribution in [2.45, 2.75) is 30.7 Å². The molecule has 3 heterocycles. The number of carbonyl (C=O) groups is 1. The van der Waals surface area contributed by atoms with Gasteiger partial charge in [0, 0.05) is 25.7 Å². The average molecular weight is 336 g/mol. The fraction of sp³-hybridized carbons (Fsp3) is 0.706. The predicted molar refractivity (Wildman–Crippen MR) is 89.7 cm³/mol. The molecule has 126 valence electrons. The van der Waals surface area contributed by atoms with Crippen LogP contribution < -0.4 is 0 Å². The van der Waals surface area contributed by atoms with Crippen LogP contribution in [0.1, 0.15) is 29.2 Å². The molecule has 4 rings (SSSR count). The van der Waals surface area contributed by atoms with Crippen LogP contribution in [0, 0.1) is 5.92 Å². The van der Waals surface area contributed by atoms with E-state index in [1.807, 2.05) is 23.3 Å². The van der Waals surface area contributed by atoms with Gasteiger partial charge in [0.2, 0.25) is 0 Å². The van der Waals surface area contributed by atoms with E-state index in [-0.39, 0.29) is 5.91 Å². The van der Waals surface area contributed by atoms with Crippen LogP contribution in [-0.2, 0) is 10.5 Å². The van der Waals surface area contributed by atoms with Crippen LogP contribution in [-0.4, -0.2) is 66.9 Å². The number of hydrogen-bond donors (Lipinski definition) is 0. The first-order valence-corrected chi connectivity index (χ1v) is 9.86. The van der Waals surface area contributed by atoms with Crippen molar-refractivity contribution in [2.75, 3.05) is 39.1 Å². The standard InChI is InChI=1S/C17H24N2O3S/c1-23-11-14-4-5-16(22-14)17(20)18-6-7-19-13(8-18)9-21-10-15(19)12-2-3-12/h4-5,12-13,15H,2-3,6-11H2,1H3/t13-,15-/m1/s1. The Balaban J connectivity index is 1.41. The molecule has 2 aliphatic heterocycles. The van der Waals surface area contributed by atoms with Crippen molar-refractivity contribution in [3.8, 4) is 0 Å². The lowest BCUT2D eigenvalue weighted by atomic mass is 10.0. The molecule has 5 nitrogen and oxygen atoms in total. The number of thioether (sulfide) groups is 1. The summed E-state index contributed by atoms with van der Waals surface area (Å²) in [5.74, 6) is 2.98. The quantitative estimate of drug-likeness (QED) is 0.842. The molecule has 23 heavy (non-hydrogen) atoms. The summed E-state index contributed by atoms with van der Waals surface area (Å²) in [4.78, 5) is 17.2. The van der Waals surface area contributed by atoms with Crippen molar-refractivity contribution in [3.05, 3.63) is 23.7 Å². The minimum atomic E-state index is 0.0190. The van der Waals surface area contributed by atoms with E-state index in [1.165, 1.54) is 12.8 Å². The summed E-state index contributed by atoms with van der Waals surface area (Å²) in [6.07, 6.45) is 4.71. The molecule has 1 aromatic rings. The molecule has 1 saturated carbocycles. The Morgan fingerprint density at radius 1 is 1.30 bits per heavy atom. The van der Waals surface area contributed by atoms with Crippen LogP contribution in [0.25, 0.3) is 0 Å². The van der Waals surface area contributed by atoms with Crippen molar-refractivity contribution < 1.29 is 13.9 Å². The SMILES string of the molecule is CSCc1ccc(C(=O)N2CCN3[C@@H](COC[C@@H]3C3CC3)C2)o1. The van der Waals surface area contributed by atoms with Gasteiger partial charge >= 0.3 is 0 Å². The zero-order valence-electron chi connectivity index (χ0n) is 13.6. The second-order valence-corrected chi connectivity index (χ2v) is 7.65. The maximum absolute atomic E-state index is 12.7. The van der Waals surface area contributed by atoms with E-state index < -0.39 is 0 Å². The smallest absolute Gasteiger partial charge is 0.289 e. The van der Waals surface area contributed by atoms with Crippen LogP contribution in [0.2, 0.25) is 0 Å². The maximum atomic E-state index is 12.7. The minimum Gasteiger partial charge on any atom is -0.455 e. The molecule has 0 N–H and O–H groups in total. The highest BCUT2D eigenvalue weighted by Crippen LogP contribution is 2.38. The number of ether oxygens (including phenoxy) is 1. The first-order chi connectivity index (χ1) is 11.3. The molecule has 0 spiro atoms. The number of nitrogens with zero attached hydrogens (tertiary/aromatic N) is 2. The Kier molecular flexibility index (Phi) is 4.39. The van der Waals surface area contributed by atoms with Gasteiger partial charge in [0.25, 0.3) is 5.91 Å². The van der Waals surface area contributed by atoms with Crippen LogP contribution in [0.3, 0.4) is 0 Å². The fourth-order valence-electron chi connectivity index (χ4n) is 3.82. The van der Waals surface area contributed by atoms with Gasteiger partial charge in [-0.1, -0.05) is 0 Å². The van der Waals surface area contributed by atoms with Gasteiger partial charge < -0.3 is 14.1 Å². The number of morpholine rings is 1. The third kappa shape index (κ3) is 3.16. The fourth-order valence-corrected chi connectivity index (χ4v) is 4.26. The minimum absolute atomic E-state index is 0.0190. The molecule has 6 heteroatoms. The number of furan rings is 1. The Morgan fingerprint density at radius 3 is 2.96 bits per heavy atom. The Morgan fingerprint density at radius 2 is 2.17 bits per heavy atom. The van der Waals surface area contributed by atoms with Crippen LogP contribution in [0.15, 0.2) is 16.5 Å². The Bertz CT molecular complexity index is 572. The molecule has 2 saturated heterocycles. The van der Waals surface area contributed by atoms with E-state index in [9.17, 15) is 4.79 Å². The first kappa shape index (κ1) is 15.5. The third-order valence-electron chi connectivity index (χ3n) is 5.17. The summed E-state index contributed by atoms with van der Waals surface area (Å²) in [6.45, 7) is 4.10. The van der Waals surface area contributed by atoms with E-state index in [2.05, 4.69) is 4.90 Å². The van der Waals surface area contributed by atoms with Gasteiger partial charge in [0.05, 0.1) is 25.0 Å². The molecule has 3 fully saturated rings. The highest BCUT2D eigenvalue weighted by Gasteiger charge is 2.43. The Hall–Kier alpha value is -0.980. The zero-order valence-corrected chi connectivity index (χ0v) is 14.4. The van der Waals surface area contributed by atoms with Gasteiger partial charge in [-0.25, -0.2) is 0 Å². The zero-order chi connectivity index (χ0) is 15.8. The topological polar surface area (TPSA) is 45.9 Å². The van der Waals surface area contributed by atoms with Crippen LogP contribution in [0.5, 0.6) is 0 Å². The normalized spacial score (nSPS) is 28.7. The second-order valence-electron chi connectivity index (χ2n) is 6.78. The molecule has 1 aromatic heterocycles. The third-order valence-corrected chi connectivity index (χ3v) is 5.74. The van der Waals surface area contributed by atoms with Gasteiger partial charge in [-0.15, -0.1) is 0 Å². The van der Waals surface area contributed by atoms with Crippen LogP contribution in [0.4, 0.5) is 0 Å². The maximum Gasteiger partial charge on any atom is 0.289 e. The number of carbonyl (C=O) groups excluding carboxylic acids is 1. The number of hydrogen-bond acceptors (Lipinski definition) is 5. The number of amides is 1. The summed E-state index contributed by atoms with van der Waals surface area (Å²) in [6, 6.07) is 4.63. The van der Waals surface area contributed by atoms with Crippen molar-refractivity contribution in [1.29, 1.82) is 0 Å². The monoisotopic (exact) mass is 336 g/mol. The summed E-state index contributed by atoms with van der Waals surface area (Å²) in [7, 11) is 0. The molecule has 1 aliphatic carbocycles. The lowest BCUT2D eigenvalue weighted by Gasteiger charge is -2.48. The average Bonchev–Trinajstić information content (AvgIpc) is 3.32. The summed E-state index contributed by atoms with van der Waals surface area (Å²) < 4.78 is 11.5. The van der Waals surface area contributed by atoms with Gasteiger partial charge in [-0.3, -0.25) is 9.69 Å². The molecule has 3 aliphatic rings. The molecule has 2 atom stereocenters. The summed E-state index contributed by atoms with van der Waals surface area (Å²) in [5, 5.41) is 0. The molecular formula is C17H24N2O3S. The van der Waals surface area contributed by atoms with Gasteiger partial charge in [0.1, 0.15) is 5.76 Å². The lowest BCUT2D eigenvalue weighted by molar-refractivity contribution is -0.0818. The van der Waals surface area contributed by atoms with E-state index in [0.29, 0.717) is 17.8 Å². The van der Waals surface area contributed by atoms with Gasteiger partial charge in [0.15, 0.2) is 5.76 Å². The van der Waals surface area contributed by atoms with E-state index in [0.717, 1.165) is 50.3 Å². The van der Waals surface area contributed by atoms with Crippen molar-refractivity contribution in [1.82, 2.24) is 9.80 Å². The highest BCUT2D eigenvalue weighted by molar-refractivity contribution is 7.97. The van der Waals surface area contributed by atoms with Crippen molar-refractivity contribution >= 4 is 17.7 Å². The number of fused-ring (bicyclic) bond motifs is 1. The number of rotatable bonds is 4. The second kappa shape index (κ2) is 6.49. The molecule has 0 aromatic carbocycles. The van der Waals surface area contributed by atoms with E-state index in [4.69, 9.17) is 9.15 Å². The first-order valence-electron chi connectivity index (χ1n) is 8.46. The van der Waals surface area contributed by atoms with Crippen molar-refractivity contribution in [2.24, 2.45) is 5.92 Å². The van der Waals surface area contributed by atoms with E-state index in [1.54, 1.807) is 11.8 Å². The van der Waals surface area contributed by atoms with E-state index >= 15 is 0 Å². The molecule has 0 unspecified atom stereocenters. The summed E-state index contributed by atoms with van der Waals surface area (Å²) in [5.41, 5.74) is 0. The summed E-state index contributed by atoms with van der Waals surface area (Å²) >= 11 is 1.70. The van der Waals surface area contributed by atoms with Gasteiger partial charge in [-0.05, 0) is 37.1 Å². The molecule has 0 bridgehead atoms. The largest absolute Gasteiger partial charge is 0.455 e. The Labute approximate surface area is 141 Å². The van der Waals surface area contributed by atoms with Crippen molar-refractivity contribution in [3.63, 3.8) is 0 Å². The molecule has 0 radical (unpaired) electrons. The highest BCUT2D eigenvalue weighted by atomic mass is 32.2. The van der Waals surface area contributed by atoms with Gasteiger partial charge in [-0.2, -0.15) is 11.8 Å². The molecule has 1 amide bonds. The lowest BCUT2D eigenvalue weighted by Crippen LogP contribution is -2.63. The van der Waals surface area contributed by atoms with Crippen LogP contribution >= 0.6 is 11.8 Å². The molecular weight excluding hydrogens is 312 g/mol. The number of piperazine rings is 1. The predicted octanol–water partition coefficient (Wildman–Crippen LogP) is 2.08.